The Morgan fingerprint density at radius 1 is 0.953 bits per heavy atom. The molecule has 2 saturated heterocycles. The van der Waals surface area contributed by atoms with Crippen molar-refractivity contribution in [3.8, 4) is 27.4 Å². The number of phenols is 1. The second-order valence-corrected chi connectivity index (χ2v) is 19.7. The Kier molecular flexibility index (Phi) is 15.1. The summed E-state index contributed by atoms with van der Waals surface area (Å²) >= 11 is 1.59. The maximum Gasteiger partial charge on any atom is 0.243 e. The molecule has 2 aliphatic rings. The number of hydrogen-bond acceptors (Lipinski definition) is 12. The zero-order valence-corrected chi connectivity index (χ0v) is 38.8. The Balaban J connectivity index is 0.807. The summed E-state index contributed by atoms with van der Waals surface area (Å²) in [6.07, 6.45) is 8.77. The third-order valence-electron chi connectivity index (χ3n) is 13.0. The van der Waals surface area contributed by atoms with E-state index >= 15 is 0 Å². The molecule has 15 heteroatoms. The molecule has 2 aliphatic heterocycles. The lowest BCUT2D eigenvalue weighted by Crippen LogP contribution is -2.51. The SMILES string of the molecule is Cc1ncsc1-c1ccc(C(C)NC(=O)[C@@H]2C[C@@H](O)CN2C(=O)C(C(=O)CCCCCCCCCN2CCC(n3nc(N)c4nnc(-c5ccccc5O)cc43)CC2)C(C)(C)C)cc1. The smallest absolute Gasteiger partial charge is 0.243 e. The maximum atomic E-state index is 14.2. The standard InChI is InChI=1S/C49H65N9O5S/c1-31(33-18-20-34(21-19-33)45-32(2)51-30-64-45)52-47(62)40-27-36(59)29-57(40)48(63)43(49(3,4)5)42(61)17-11-9-7-6-8-10-14-24-56-25-22-35(23-26-56)58-39-28-38(37-15-12-13-16-41(37)60)53-54-44(39)46(50)55-58/h12-13,15-16,18-21,28,30-31,35-36,40,43,59-60H,6-11,14,17,22-27,29H2,1-5H3,(H2,50,55)(H,52,62)/t31?,36-,40+,43?/m1/s1. The second kappa shape index (κ2) is 20.7. The van der Waals surface area contributed by atoms with Gasteiger partial charge in [-0.15, -0.1) is 21.5 Å². The zero-order chi connectivity index (χ0) is 45.5. The number of benzene rings is 2. The van der Waals surface area contributed by atoms with Crippen molar-refractivity contribution in [3.05, 3.63) is 71.4 Å². The van der Waals surface area contributed by atoms with Crippen molar-refractivity contribution < 1.29 is 24.6 Å². The number of likely N-dealkylation sites (tertiary alicyclic amines) is 2. The molecule has 5 N–H and O–H groups in total. The van der Waals surface area contributed by atoms with Crippen LogP contribution in [0.15, 0.2) is 60.1 Å². The summed E-state index contributed by atoms with van der Waals surface area (Å²) in [6.45, 7) is 12.7. The number of ketones is 1. The third-order valence-corrected chi connectivity index (χ3v) is 14.0. The number of rotatable bonds is 18. The predicted molar refractivity (Wildman–Crippen MR) is 251 cm³/mol. The molecule has 0 spiro atoms. The normalized spacial score (nSPS) is 18.4. The Labute approximate surface area is 380 Å². The van der Waals surface area contributed by atoms with Crippen LogP contribution in [0.5, 0.6) is 5.75 Å². The molecule has 0 bridgehead atoms. The first-order valence-corrected chi connectivity index (χ1v) is 23.9. The molecule has 5 aromatic rings. The largest absolute Gasteiger partial charge is 0.507 e. The van der Waals surface area contributed by atoms with Gasteiger partial charge in [-0.1, -0.05) is 89.3 Å². The van der Waals surface area contributed by atoms with Gasteiger partial charge < -0.3 is 31.1 Å². The number of unbranched alkanes of at least 4 members (excludes halogenated alkanes) is 6. The molecule has 5 heterocycles. The lowest BCUT2D eigenvalue weighted by atomic mass is 9.76. The van der Waals surface area contributed by atoms with E-state index in [0.29, 0.717) is 29.0 Å². The number of nitrogens with one attached hydrogen (secondary N) is 1. The number of aliphatic hydroxyl groups excluding tert-OH is 1. The number of nitrogens with two attached hydrogens (primary N) is 1. The Morgan fingerprint density at radius 3 is 2.31 bits per heavy atom. The first kappa shape index (κ1) is 46.7. The van der Waals surface area contributed by atoms with E-state index in [9.17, 15) is 24.6 Å². The van der Waals surface area contributed by atoms with E-state index in [1.165, 1.54) is 4.90 Å². The predicted octanol–water partition coefficient (Wildman–Crippen LogP) is 8.04. The van der Waals surface area contributed by atoms with Gasteiger partial charge in [0.15, 0.2) is 11.3 Å². The minimum atomic E-state index is -0.896. The number of Topliss-reactive ketones (excluding diaryl/α,β-unsaturated/α-hetero) is 1. The molecule has 0 saturated carbocycles. The van der Waals surface area contributed by atoms with Crippen LogP contribution in [0.4, 0.5) is 5.82 Å². The first-order chi connectivity index (χ1) is 30.7. The highest BCUT2D eigenvalue weighted by Gasteiger charge is 2.46. The number of carbonyl (C=O) groups excluding carboxylic acids is 3. The van der Waals surface area contributed by atoms with Gasteiger partial charge >= 0.3 is 0 Å². The number of fused-ring (bicyclic) bond motifs is 1. The van der Waals surface area contributed by atoms with Gasteiger partial charge in [-0.05, 0) is 80.8 Å². The number of hydrogen-bond donors (Lipinski definition) is 4. The van der Waals surface area contributed by atoms with E-state index < -0.39 is 23.5 Å². The summed E-state index contributed by atoms with van der Waals surface area (Å²) in [6, 6.07) is 16.1. The molecule has 2 aromatic carbocycles. The molecule has 3 aromatic heterocycles. The number of nitrogen functional groups attached to an aromatic ring is 1. The Hall–Kier alpha value is -5.25. The number of thiazole rings is 1. The second-order valence-electron chi connectivity index (χ2n) is 18.9. The number of aryl methyl sites for hydroxylation is 1. The fourth-order valence-corrected chi connectivity index (χ4v) is 10.3. The lowest BCUT2D eigenvalue weighted by molar-refractivity contribution is -0.149. The summed E-state index contributed by atoms with van der Waals surface area (Å²) in [5, 5.41) is 37.4. The average molecular weight is 892 g/mol. The molecule has 7 rings (SSSR count). The van der Waals surface area contributed by atoms with Crippen LogP contribution in [0.25, 0.3) is 32.7 Å². The number of aromatic nitrogens is 5. The fraction of sp³-hybridized carbons (Fsp3) is 0.531. The number of nitrogens with zero attached hydrogens (tertiary/aromatic N) is 7. The summed E-state index contributed by atoms with van der Waals surface area (Å²) in [5.41, 5.74) is 13.0. The van der Waals surface area contributed by atoms with Gasteiger partial charge in [-0.25, -0.2) is 4.98 Å². The number of carbonyl (C=O) groups is 3. The number of aliphatic hydroxyl groups is 1. The number of anilines is 1. The molecule has 14 nitrogen and oxygen atoms in total. The first-order valence-electron chi connectivity index (χ1n) is 23.0. The minimum absolute atomic E-state index is 0.0319. The van der Waals surface area contributed by atoms with E-state index in [-0.39, 0.29) is 48.4 Å². The summed E-state index contributed by atoms with van der Waals surface area (Å²) in [5.74, 6) is -1.17. The summed E-state index contributed by atoms with van der Waals surface area (Å²) in [4.78, 5) is 51.0. The molecule has 2 amide bonds. The number of para-hydroxylation sites is 1. The van der Waals surface area contributed by atoms with Crippen LogP contribution < -0.4 is 11.1 Å². The van der Waals surface area contributed by atoms with Gasteiger partial charge in [0.1, 0.15) is 23.5 Å². The molecule has 4 atom stereocenters. The summed E-state index contributed by atoms with van der Waals surface area (Å²) < 4.78 is 2.00. The number of β-amino-alcohol motifs (C(OH)–C–C–N with tert-alkyl or cyclic N) is 1. The molecule has 64 heavy (non-hydrogen) atoms. The average Bonchev–Trinajstić information content (AvgIpc) is 3.98. The number of aromatic hydroxyl groups is 1. The van der Waals surface area contributed by atoms with Gasteiger partial charge in [0.2, 0.25) is 11.8 Å². The minimum Gasteiger partial charge on any atom is -0.507 e. The van der Waals surface area contributed by atoms with Gasteiger partial charge in [-0.3, -0.25) is 19.1 Å². The molecule has 0 aliphatic carbocycles. The van der Waals surface area contributed by atoms with E-state index in [4.69, 9.17) is 5.73 Å². The van der Waals surface area contributed by atoms with Gasteiger partial charge in [0.05, 0.1) is 45.5 Å². The van der Waals surface area contributed by atoms with E-state index in [0.717, 1.165) is 105 Å². The topological polar surface area (TPSA) is 193 Å². The van der Waals surface area contributed by atoms with Crippen LogP contribution in [0, 0.1) is 18.3 Å². The van der Waals surface area contributed by atoms with Gasteiger partial charge in [-0.2, -0.15) is 5.10 Å². The van der Waals surface area contributed by atoms with Crippen LogP contribution in [0.3, 0.4) is 0 Å². The highest BCUT2D eigenvalue weighted by atomic mass is 32.1. The number of piperidine rings is 1. The van der Waals surface area contributed by atoms with Crippen LogP contribution in [0.1, 0.15) is 122 Å². The van der Waals surface area contributed by atoms with Crippen molar-refractivity contribution in [3.63, 3.8) is 0 Å². The highest BCUT2D eigenvalue weighted by Crippen LogP contribution is 2.35. The van der Waals surface area contributed by atoms with Gasteiger partial charge in [0, 0.05) is 38.0 Å². The van der Waals surface area contributed by atoms with Crippen LogP contribution >= 0.6 is 11.3 Å². The maximum absolute atomic E-state index is 14.2. The van der Waals surface area contributed by atoms with E-state index in [2.05, 4.69) is 30.5 Å². The lowest BCUT2D eigenvalue weighted by Gasteiger charge is -2.34. The third kappa shape index (κ3) is 11.0. The van der Waals surface area contributed by atoms with Crippen molar-refractivity contribution in [2.24, 2.45) is 11.3 Å². The summed E-state index contributed by atoms with van der Waals surface area (Å²) in [7, 11) is 0. The fourth-order valence-electron chi connectivity index (χ4n) is 9.46. The Morgan fingerprint density at radius 2 is 1.64 bits per heavy atom. The number of amides is 2. The van der Waals surface area contributed by atoms with E-state index in [1.54, 1.807) is 23.5 Å². The van der Waals surface area contributed by atoms with Crippen LogP contribution in [0.2, 0.25) is 0 Å². The monoisotopic (exact) mass is 891 g/mol. The van der Waals surface area contributed by atoms with Crippen molar-refractivity contribution >= 4 is 45.8 Å². The molecular weight excluding hydrogens is 827 g/mol. The van der Waals surface area contributed by atoms with E-state index in [1.807, 2.05) is 87.3 Å². The van der Waals surface area contributed by atoms with Crippen molar-refractivity contribution in [2.75, 3.05) is 31.9 Å². The molecular formula is C49H65N9O5S. The molecule has 0 radical (unpaired) electrons. The van der Waals surface area contributed by atoms with Crippen molar-refractivity contribution in [2.45, 2.75) is 129 Å². The molecule has 2 unspecified atom stereocenters. The number of phenolic OH excluding ortho intramolecular Hbond substituents is 1. The van der Waals surface area contributed by atoms with Crippen molar-refractivity contribution in [1.29, 1.82) is 0 Å². The van der Waals surface area contributed by atoms with Crippen LogP contribution in [-0.2, 0) is 14.4 Å². The zero-order valence-electron chi connectivity index (χ0n) is 38.0. The Bertz CT molecular complexity index is 2380. The van der Waals surface area contributed by atoms with Crippen molar-refractivity contribution in [1.82, 2.24) is 40.1 Å². The highest BCUT2D eigenvalue weighted by molar-refractivity contribution is 7.13. The van der Waals surface area contributed by atoms with Crippen LogP contribution in [-0.4, -0.2) is 101 Å². The molecule has 2 fully saturated rings. The quantitative estimate of drug-likeness (QED) is 0.0492. The van der Waals surface area contributed by atoms with Gasteiger partial charge in [0.25, 0.3) is 0 Å². The molecule has 342 valence electrons.